The predicted octanol–water partition coefficient (Wildman–Crippen LogP) is 3.46. The fourth-order valence-electron chi connectivity index (χ4n) is 2.37. The van der Waals surface area contributed by atoms with Crippen molar-refractivity contribution in [2.24, 2.45) is 0 Å². The molecule has 2 heterocycles. The van der Waals surface area contributed by atoms with E-state index in [1.54, 1.807) is 0 Å². The van der Waals surface area contributed by atoms with Crippen LogP contribution in [0.5, 0.6) is 5.88 Å². The van der Waals surface area contributed by atoms with E-state index in [9.17, 15) is 13.2 Å². The molecule has 1 aromatic rings. The zero-order chi connectivity index (χ0) is 18.0. The average Bonchev–Trinajstić information content (AvgIpc) is 3.16. The van der Waals surface area contributed by atoms with Gasteiger partial charge in [0.1, 0.15) is 0 Å². The lowest BCUT2D eigenvalue weighted by Crippen LogP contribution is -2.41. The number of halogens is 4. The van der Waals surface area contributed by atoms with E-state index < -0.39 is 39.5 Å². The fourth-order valence-corrected chi connectivity index (χ4v) is 3.01. The Morgan fingerprint density at radius 1 is 1.21 bits per heavy atom. The monoisotopic (exact) mass is 455 g/mol. The molecule has 24 heavy (non-hydrogen) atoms. The molecule has 0 spiro atoms. The summed E-state index contributed by atoms with van der Waals surface area (Å²) in [6.45, 7) is 7.53. The maximum absolute atomic E-state index is 14.3. The second kappa shape index (κ2) is 5.47. The number of rotatable bonds is 4. The summed E-state index contributed by atoms with van der Waals surface area (Å²) in [6.07, 6.45) is 1.67. The highest BCUT2D eigenvalue weighted by Crippen LogP contribution is 2.54. The van der Waals surface area contributed by atoms with Gasteiger partial charge in [0.25, 0.3) is 5.88 Å². The third-order valence-electron chi connectivity index (χ3n) is 4.87. The molecule has 3 rings (SSSR count). The number of pyridine rings is 1. The van der Waals surface area contributed by atoms with Crippen molar-refractivity contribution in [2.75, 3.05) is 0 Å². The van der Waals surface area contributed by atoms with E-state index in [0.29, 0.717) is 5.46 Å². The first kappa shape index (κ1) is 18.3. The van der Waals surface area contributed by atoms with E-state index in [0.717, 1.165) is 28.7 Å². The molecule has 2 fully saturated rings. The SMILES string of the molecule is CC1(C)OB(c2cnc(OC3(C(F)(F)I)CC3)c(F)c2)OC1(C)C. The zero-order valence-electron chi connectivity index (χ0n) is 13.8. The molecule has 0 bridgehead atoms. The Bertz CT molecular complexity index is 646. The molecule has 2 aliphatic rings. The summed E-state index contributed by atoms with van der Waals surface area (Å²) >= 11 is 1.02. The van der Waals surface area contributed by atoms with Gasteiger partial charge in [0.05, 0.1) is 11.2 Å². The maximum atomic E-state index is 14.3. The van der Waals surface area contributed by atoms with E-state index in [1.807, 2.05) is 27.7 Å². The third kappa shape index (κ3) is 3.03. The Hall–Kier alpha value is -0.545. The highest BCUT2D eigenvalue weighted by atomic mass is 127. The summed E-state index contributed by atoms with van der Waals surface area (Å²) in [6, 6.07) is 1.16. The Balaban J connectivity index is 1.80. The first-order valence-corrected chi connectivity index (χ1v) is 8.72. The van der Waals surface area contributed by atoms with Crippen LogP contribution in [-0.4, -0.2) is 32.8 Å². The molecular formula is C15H18BF3INO3. The molecule has 9 heteroatoms. The van der Waals surface area contributed by atoms with Crippen LogP contribution in [0.1, 0.15) is 40.5 Å². The van der Waals surface area contributed by atoms with Gasteiger partial charge in [-0.25, -0.2) is 9.37 Å². The van der Waals surface area contributed by atoms with Crippen LogP contribution in [0.15, 0.2) is 12.3 Å². The van der Waals surface area contributed by atoms with Crippen LogP contribution in [0.3, 0.4) is 0 Å². The lowest BCUT2D eigenvalue weighted by molar-refractivity contribution is -0.0261. The van der Waals surface area contributed by atoms with Gasteiger partial charge in [-0.3, -0.25) is 0 Å². The number of nitrogens with zero attached hydrogens (tertiary/aromatic N) is 1. The number of hydrogen-bond donors (Lipinski definition) is 0. The molecule has 0 unspecified atom stereocenters. The van der Waals surface area contributed by atoms with Gasteiger partial charge >= 0.3 is 11.0 Å². The zero-order valence-corrected chi connectivity index (χ0v) is 16.0. The Labute approximate surface area is 152 Å². The normalized spacial score (nSPS) is 24.1. The topological polar surface area (TPSA) is 40.6 Å². The van der Waals surface area contributed by atoms with E-state index >= 15 is 0 Å². The molecule has 1 saturated heterocycles. The van der Waals surface area contributed by atoms with Crippen molar-refractivity contribution in [3.05, 3.63) is 18.1 Å². The van der Waals surface area contributed by atoms with Crippen molar-refractivity contribution >= 4 is 35.2 Å². The Morgan fingerprint density at radius 2 is 1.75 bits per heavy atom. The quantitative estimate of drug-likeness (QED) is 0.397. The Morgan fingerprint density at radius 3 is 2.17 bits per heavy atom. The van der Waals surface area contributed by atoms with Crippen molar-refractivity contribution in [2.45, 2.75) is 61.3 Å². The molecule has 4 nitrogen and oxygen atoms in total. The minimum atomic E-state index is -3.08. The van der Waals surface area contributed by atoms with E-state index in [-0.39, 0.29) is 12.8 Å². The minimum absolute atomic E-state index is 0.170. The summed E-state index contributed by atoms with van der Waals surface area (Å²) in [5.41, 5.74) is -2.41. The number of hydrogen-bond acceptors (Lipinski definition) is 4. The van der Waals surface area contributed by atoms with Gasteiger partial charge in [0.2, 0.25) is 0 Å². The maximum Gasteiger partial charge on any atom is 0.496 e. The molecule has 0 radical (unpaired) electrons. The van der Waals surface area contributed by atoms with Crippen LogP contribution >= 0.6 is 22.6 Å². The largest absolute Gasteiger partial charge is 0.496 e. The standard InChI is InChI=1S/C15H18BF3INO3/c1-12(2)13(3,4)24-16(23-12)9-7-10(17)11(21-8-9)22-14(5-6-14)15(18,19)20/h7-8H,5-6H2,1-4H3. The molecule has 0 N–H and O–H groups in total. The smallest absolute Gasteiger partial charge is 0.462 e. The number of aromatic nitrogens is 1. The highest BCUT2D eigenvalue weighted by Gasteiger charge is 2.64. The molecule has 0 atom stereocenters. The summed E-state index contributed by atoms with van der Waals surface area (Å²) < 4.78 is 55.1. The average molecular weight is 455 g/mol. The van der Waals surface area contributed by atoms with Gasteiger partial charge in [0, 0.05) is 34.3 Å². The molecule has 1 aromatic heterocycles. The number of ether oxygens (including phenoxy) is 1. The molecule has 1 aliphatic heterocycles. The first-order chi connectivity index (χ1) is 10.9. The molecule has 0 aromatic carbocycles. The van der Waals surface area contributed by atoms with E-state index in [4.69, 9.17) is 14.0 Å². The van der Waals surface area contributed by atoms with Crippen LogP contribution in [0, 0.1) is 5.82 Å². The van der Waals surface area contributed by atoms with Crippen LogP contribution in [0.25, 0.3) is 0 Å². The van der Waals surface area contributed by atoms with Gasteiger partial charge in [-0.05, 0) is 46.6 Å². The summed E-state index contributed by atoms with van der Waals surface area (Å²) in [5.74, 6) is -1.24. The lowest BCUT2D eigenvalue weighted by Gasteiger charge is -2.32. The molecule has 1 aliphatic carbocycles. The van der Waals surface area contributed by atoms with Crippen molar-refractivity contribution in [3.63, 3.8) is 0 Å². The second-order valence-electron chi connectivity index (χ2n) is 7.24. The van der Waals surface area contributed by atoms with Crippen LogP contribution in [-0.2, 0) is 9.31 Å². The van der Waals surface area contributed by atoms with Crippen LogP contribution in [0.4, 0.5) is 13.2 Å². The summed E-state index contributed by atoms with van der Waals surface area (Å²) in [4.78, 5) is 3.86. The molecule has 132 valence electrons. The van der Waals surface area contributed by atoms with E-state index in [2.05, 4.69) is 4.98 Å². The van der Waals surface area contributed by atoms with Gasteiger partial charge in [-0.1, -0.05) is 0 Å². The van der Waals surface area contributed by atoms with Gasteiger partial charge in [0.15, 0.2) is 11.4 Å². The third-order valence-corrected chi connectivity index (χ3v) is 5.85. The fraction of sp³-hybridized carbons (Fsp3) is 0.667. The highest BCUT2D eigenvalue weighted by molar-refractivity contribution is 14.1. The van der Waals surface area contributed by atoms with E-state index in [1.165, 1.54) is 6.20 Å². The summed E-state index contributed by atoms with van der Waals surface area (Å²) in [7, 11) is -0.771. The first-order valence-electron chi connectivity index (χ1n) is 7.64. The molecule has 1 saturated carbocycles. The Kier molecular flexibility index (Phi) is 4.16. The lowest BCUT2D eigenvalue weighted by atomic mass is 9.80. The number of alkyl halides is 3. The van der Waals surface area contributed by atoms with Crippen molar-refractivity contribution in [3.8, 4) is 5.88 Å². The van der Waals surface area contributed by atoms with Gasteiger partial charge < -0.3 is 14.0 Å². The predicted molar refractivity (Wildman–Crippen MR) is 91.5 cm³/mol. The summed E-state index contributed by atoms with van der Waals surface area (Å²) in [5, 5.41) is 0. The van der Waals surface area contributed by atoms with Gasteiger partial charge in [-0.2, -0.15) is 8.78 Å². The molecule has 0 amide bonds. The van der Waals surface area contributed by atoms with Crippen molar-refractivity contribution < 1.29 is 27.2 Å². The van der Waals surface area contributed by atoms with Crippen molar-refractivity contribution in [1.82, 2.24) is 4.98 Å². The second-order valence-corrected chi connectivity index (χ2v) is 8.59. The van der Waals surface area contributed by atoms with Gasteiger partial charge in [-0.15, -0.1) is 0 Å². The van der Waals surface area contributed by atoms with Crippen LogP contribution in [0.2, 0.25) is 0 Å². The minimum Gasteiger partial charge on any atom is -0.462 e. The van der Waals surface area contributed by atoms with Crippen LogP contribution < -0.4 is 10.2 Å². The van der Waals surface area contributed by atoms with Crippen molar-refractivity contribution in [1.29, 1.82) is 0 Å². The molecular weight excluding hydrogens is 437 g/mol.